The molecule has 3 nitrogen and oxygen atoms in total. The second kappa shape index (κ2) is 5.64. The molecule has 1 aromatic carbocycles. The summed E-state index contributed by atoms with van der Waals surface area (Å²) in [5.41, 5.74) is 2.84. The van der Waals surface area contributed by atoms with Gasteiger partial charge in [0.2, 0.25) is 0 Å². The number of para-hydroxylation sites is 1. The van der Waals surface area contributed by atoms with Crippen LogP contribution in [-0.4, -0.2) is 15.6 Å². The summed E-state index contributed by atoms with van der Waals surface area (Å²) in [5.74, 6) is 1.05. The SMILES string of the molecule is Cc1ncc(CNC2CCCC2(C)C)n1-c1ccccc1. The van der Waals surface area contributed by atoms with Gasteiger partial charge in [-0.2, -0.15) is 0 Å². The van der Waals surface area contributed by atoms with Crippen molar-refractivity contribution < 1.29 is 0 Å². The Morgan fingerprint density at radius 2 is 2.05 bits per heavy atom. The summed E-state index contributed by atoms with van der Waals surface area (Å²) in [5, 5.41) is 3.75. The van der Waals surface area contributed by atoms with Crippen molar-refractivity contribution in [3.63, 3.8) is 0 Å². The van der Waals surface area contributed by atoms with E-state index < -0.39 is 0 Å². The van der Waals surface area contributed by atoms with Crippen LogP contribution in [0.1, 0.15) is 44.6 Å². The zero-order valence-corrected chi connectivity index (χ0v) is 13.3. The van der Waals surface area contributed by atoms with Crippen LogP contribution in [0.2, 0.25) is 0 Å². The molecular weight excluding hydrogens is 258 g/mol. The molecule has 3 rings (SSSR count). The van der Waals surface area contributed by atoms with Crippen LogP contribution < -0.4 is 5.32 Å². The molecule has 0 amide bonds. The Morgan fingerprint density at radius 1 is 1.29 bits per heavy atom. The molecular formula is C18H25N3. The molecule has 1 heterocycles. The summed E-state index contributed by atoms with van der Waals surface area (Å²) in [6.07, 6.45) is 5.94. The number of nitrogens with one attached hydrogen (secondary N) is 1. The highest BCUT2D eigenvalue weighted by Crippen LogP contribution is 2.37. The highest BCUT2D eigenvalue weighted by molar-refractivity contribution is 5.35. The first-order chi connectivity index (χ1) is 10.1. The van der Waals surface area contributed by atoms with Gasteiger partial charge >= 0.3 is 0 Å². The number of nitrogens with zero attached hydrogens (tertiary/aromatic N) is 2. The molecule has 0 spiro atoms. The van der Waals surface area contributed by atoms with E-state index in [1.807, 2.05) is 6.20 Å². The first-order valence-electron chi connectivity index (χ1n) is 7.90. The molecule has 1 unspecified atom stereocenters. The Kier molecular flexibility index (Phi) is 3.85. The summed E-state index contributed by atoms with van der Waals surface area (Å²) >= 11 is 0. The van der Waals surface area contributed by atoms with Gasteiger partial charge in [0, 0.05) is 18.3 Å². The fourth-order valence-corrected chi connectivity index (χ4v) is 3.48. The van der Waals surface area contributed by atoms with Gasteiger partial charge in [-0.3, -0.25) is 4.57 Å². The Balaban J connectivity index is 1.78. The molecule has 3 heteroatoms. The van der Waals surface area contributed by atoms with Crippen molar-refractivity contribution in [2.24, 2.45) is 5.41 Å². The van der Waals surface area contributed by atoms with E-state index in [2.05, 4.69) is 66.0 Å². The highest BCUT2D eigenvalue weighted by Gasteiger charge is 2.33. The lowest BCUT2D eigenvalue weighted by Crippen LogP contribution is -2.37. The van der Waals surface area contributed by atoms with Gasteiger partial charge in [-0.1, -0.05) is 38.5 Å². The number of aryl methyl sites for hydroxylation is 1. The molecule has 21 heavy (non-hydrogen) atoms. The minimum absolute atomic E-state index is 0.409. The summed E-state index contributed by atoms with van der Waals surface area (Å²) in [7, 11) is 0. The Hall–Kier alpha value is -1.61. The Morgan fingerprint density at radius 3 is 2.71 bits per heavy atom. The van der Waals surface area contributed by atoms with E-state index in [1.165, 1.54) is 30.6 Å². The van der Waals surface area contributed by atoms with Gasteiger partial charge in [-0.15, -0.1) is 0 Å². The first kappa shape index (κ1) is 14.3. The van der Waals surface area contributed by atoms with Crippen molar-refractivity contribution in [2.45, 2.75) is 52.6 Å². The van der Waals surface area contributed by atoms with E-state index in [4.69, 9.17) is 0 Å². The van der Waals surface area contributed by atoms with Crippen molar-refractivity contribution in [3.05, 3.63) is 48.0 Å². The maximum absolute atomic E-state index is 4.50. The van der Waals surface area contributed by atoms with Crippen molar-refractivity contribution in [1.29, 1.82) is 0 Å². The van der Waals surface area contributed by atoms with Gasteiger partial charge in [0.25, 0.3) is 0 Å². The average Bonchev–Trinajstić information content (AvgIpc) is 3.00. The minimum atomic E-state index is 0.409. The number of benzene rings is 1. The van der Waals surface area contributed by atoms with Crippen LogP contribution in [0.15, 0.2) is 36.5 Å². The number of hydrogen-bond acceptors (Lipinski definition) is 2. The molecule has 1 N–H and O–H groups in total. The molecule has 1 saturated carbocycles. The van der Waals surface area contributed by atoms with Crippen molar-refractivity contribution in [2.75, 3.05) is 0 Å². The van der Waals surface area contributed by atoms with Crippen LogP contribution in [0.25, 0.3) is 5.69 Å². The van der Waals surface area contributed by atoms with Crippen molar-refractivity contribution in [1.82, 2.24) is 14.9 Å². The van der Waals surface area contributed by atoms with E-state index in [1.54, 1.807) is 0 Å². The van der Waals surface area contributed by atoms with Crippen LogP contribution in [0.5, 0.6) is 0 Å². The van der Waals surface area contributed by atoms with E-state index >= 15 is 0 Å². The van der Waals surface area contributed by atoms with Crippen LogP contribution in [0.3, 0.4) is 0 Å². The molecule has 1 aliphatic rings. The average molecular weight is 283 g/mol. The van der Waals surface area contributed by atoms with Crippen LogP contribution in [0, 0.1) is 12.3 Å². The van der Waals surface area contributed by atoms with Gasteiger partial charge in [0.15, 0.2) is 0 Å². The van der Waals surface area contributed by atoms with Crippen molar-refractivity contribution in [3.8, 4) is 5.69 Å². The third-order valence-electron chi connectivity index (χ3n) is 4.81. The van der Waals surface area contributed by atoms with E-state index in [9.17, 15) is 0 Å². The highest BCUT2D eigenvalue weighted by atomic mass is 15.1. The lowest BCUT2D eigenvalue weighted by Gasteiger charge is -2.28. The summed E-state index contributed by atoms with van der Waals surface area (Å²) < 4.78 is 2.24. The van der Waals surface area contributed by atoms with Gasteiger partial charge in [0.1, 0.15) is 5.82 Å². The quantitative estimate of drug-likeness (QED) is 0.923. The van der Waals surface area contributed by atoms with Crippen LogP contribution in [-0.2, 0) is 6.54 Å². The van der Waals surface area contributed by atoms with Crippen molar-refractivity contribution >= 4 is 0 Å². The minimum Gasteiger partial charge on any atom is -0.308 e. The van der Waals surface area contributed by atoms with E-state index in [-0.39, 0.29) is 0 Å². The largest absolute Gasteiger partial charge is 0.308 e. The van der Waals surface area contributed by atoms with E-state index in [0.29, 0.717) is 11.5 Å². The summed E-state index contributed by atoms with van der Waals surface area (Å²) in [4.78, 5) is 4.50. The molecule has 112 valence electrons. The summed E-state index contributed by atoms with van der Waals surface area (Å²) in [6, 6.07) is 11.1. The normalized spacial score (nSPS) is 20.8. The molecule has 1 fully saturated rings. The molecule has 0 bridgehead atoms. The predicted molar refractivity (Wildman–Crippen MR) is 86.6 cm³/mol. The lowest BCUT2D eigenvalue weighted by atomic mass is 9.87. The smallest absolute Gasteiger partial charge is 0.110 e. The standard InChI is InChI=1S/C18H25N3/c1-14-19-12-16(21(14)15-8-5-4-6-9-15)13-20-17-10-7-11-18(17,2)3/h4-6,8-9,12,17,20H,7,10-11,13H2,1-3H3. The maximum Gasteiger partial charge on any atom is 0.110 e. The van der Waals surface area contributed by atoms with Gasteiger partial charge in [-0.25, -0.2) is 4.98 Å². The number of rotatable bonds is 4. The molecule has 2 aromatic rings. The number of hydrogen-bond donors (Lipinski definition) is 1. The Labute approximate surface area is 127 Å². The van der Waals surface area contributed by atoms with Gasteiger partial charge < -0.3 is 5.32 Å². The zero-order valence-electron chi connectivity index (χ0n) is 13.3. The molecule has 0 radical (unpaired) electrons. The summed E-state index contributed by atoms with van der Waals surface area (Å²) in [6.45, 7) is 7.69. The molecule has 1 atom stereocenters. The molecule has 1 aliphatic carbocycles. The maximum atomic E-state index is 4.50. The second-order valence-electron chi connectivity index (χ2n) is 6.78. The third-order valence-corrected chi connectivity index (χ3v) is 4.81. The van der Waals surface area contributed by atoms with E-state index in [0.717, 1.165) is 12.4 Å². The topological polar surface area (TPSA) is 29.9 Å². The second-order valence-corrected chi connectivity index (χ2v) is 6.78. The number of imidazole rings is 1. The fraction of sp³-hybridized carbons (Fsp3) is 0.500. The third kappa shape index (κ3) is 2.88. The van der Waals surface area contributed by atoms with Crippen LogP contribution in [0.4, 0.5) is 0 Å². The monoisotopic (exact) mass is 283 g/mol. The first-order valence-corrected chi connectivity index (χ1v) is 7.90. The molecule has 1 aromatic heterocycles. The number of aromatic nitrogens is 2. The zero-order chi connectivity index (χ0) is 14.9. The van der Waals surface area contributed by atoms with Crippen LogP contribution >= 0.6 is 0 Å². The van der Waals surface area contributed by atoms with Gasteiger partial charge in [0.05, 0.1) is 11.9 Å². The fourth-order valence-electron chi connectivity index (χ4n) is 3.48. The molecule has 0 saturated heterocycles. The van der Waals surface area contributed by atoms with Gasteiger partial charge in [-0.05, 0) is 37.3 Å². The lowest BCUT2D eigenvalue weighted by molar-refractivity contribution is 0.281. The molecule has 0 aliphatic heterocycles. The predicted octanol–water partition coefficient (Wildman–Crippen LogP) is 3.85. The Bertz CT molecular complexity index is 598.